The van der Waals surface area contributed by atoms with E-state index in [4.69, 9.17) is 4.74 Å². The fraction of sp³-hybridized carbons (Fsp3) is 0.333. The van der Waals surface area contributed by atoms with Crippen molar-refractivity contribution in [1.82, 2.24) is 10.2 Å². The topological polar surface area (TPSA) is 104 Å². The Labute approximate surface area is 149 Å². The number of carbonyl (C=O) groups excluding carboxylic acids is 3. The van der Waals surface area contributed by atoms with Crippen LogP contribution in [0.5, 0.6) is 0 Å². The molecule has 3 amide bonds. The Bertz CT molecular complexity index is 838. The van der Waals surface area contributed by atoms with Gasteiger partial charge < -0.3 is 10.1 Å². The van der Waals surface area contributed by atoms with Gasteiger partial charge in [-0.05, 0) is 30.5 Å². The average molecular weight is 354 g/mol. The van der Waals surface area contributed by atoms with Crippen molar-refractivity contribution >= 4 is 29.2 Å². The van der Waals surface area contributed by atoms with E-state index in [2.05, 4.69) is 15.5 Å². The van der Waals surface area contributed by atoms with E-state index in [0.29, 0.717) is 17.4 Å². The lowest BCUT2D eigenvalue weighted by Crippen LogP contribution is -2.46. The number of rotatable bonds is 5. The van der Waals surface area contributed by atoms with Crippen LogP contribution in [-0.4, -0.2) is 41.1 Å². The molecule has 1 saturated carbocycles. The third-order valence-corrected chi connectivity index (χ3v) is 4.39. The summed E-state index contributed by atoms with van der Waals surface area (Å²) >= 11 is 0. The molecule has 2 aromatic rings. The number of morpholine rings is 1. The molecular weight excluding hydrogens is 336 g/mol. The second-order valence-corrected chi connectivity index (χ2v) is 6.49. The summed E-state index contributed by atoms with van der Waals surface area (Å²) in [5.74, 6) is 0.114. The van der Waals surface area contributed by atoms with Crippen molar-refractivity contribution in [2.45, 2.75) is 25.2 Å². The molecule has 26 heavy (non-hydrogen) atoms. The van der Waals surface area contributed by atoms with Crippen LogP contribution >= 0.6 is 0 Å². The van der Waals surface area contributed by atoms with Gasteiger partial charge in [0.2, 0.25) is 5.91 Å². The van der Waals surface area contributed by atoms with E-state index in [0.717, 1.165) is 29.0 Å². The lowest BCUT2D eigenvalue weighted by molar-refractivity contribution is -0.138. The third kappa shape index (κ3) is 3.50. The van der Waals surface area contributed by atoms with Gasteiger partial charge in [-0.15, -0.1) is 0 Å². The van der Waals surface area contributed by atoms with Crippen LogP contribution in [0.1, 0.15) is 30.0 Å². The van der Waals surface area contributed by atoms with Gasteiger partial charge in [0.05, 0.1) is 12.1 Å². The van der Waals surface area contributed by atoms with Crippen molar-refractivity contribution in [3.63, 3.8) is 0 Å². The summed E-state index contributed by atoms with van der Waals surface area (Å²) in [6.45, 7) is -0.217. The number of ether oxygens (including phenoxy) is 1. The molecule has 2 aliphatic rings. The molecule has 1 aliphatic heterocycles. The summed E-state index contributed by atoms with van der Waals surface area (Å²) in [6.07, 6.45) is 2.50. The first kappa shape index (κ1) is 16.5. The van der Waals surface area contributed by atoms with E-state index in [-0.39, 0.29) is 25.5 Å². The summed E-state index contributed by atoms with van der Waals surface area (Å²) in [7, 11) is 0. The van der Waals surface area contributed by atoms with E-state index >= 15 is 0 Å². The van der Waals surface area contributed by atoms with Gasteiger partial charge in [-0.25, -0.2) is 4.90 Å². The highest BCUT2D eigenvalue weighted by atomic mass is 16.5. The number of nitrogens with zero attached hydrogens (tertiary/aromatic N) is 2. The predicted octanol–water partition coefficient (Wildman–Crippen LogP) is 1.36. The molecule has 0 unspecified atom stereocenters. The van der Waals surface area contributed by atoms with Gasteiger partial charge in [-0.1, -0.05) is 12.1 Å². The zero-order chi connectivity index (χ0) is 18.1. The van der Waals surface area contributed by atoms with Gasteiger partial charge in [-0.3, -0.25) is 19.5 Å². The first-order valence-corrected chi connectivity index (χ1v) is 8.48. The minimum Gasteiger partial charge on any atom is -0.362 e. The molecule has 0 spiro atoms. The van der Waals surface area contributed by atoms with Crippen molar-refractivity contribution in [3.05, 3.63) is 41.6 Å². The lowest BCUT2D eigenvalue weighted by atomic mass is 10.1. The number of nitrogens with one attached hydrogen (secondary N) is 2. The maximum absolute atomic E-state index is 12.2. The number of hydrogen-bond acceptors (Lipinski definition) is 5. The molecule has 134 valence electrons. The molecule has 0 radical (unpaired) electrons. The highest BCUT2D eigenvalue weighted by Gasteiger charge is 2.28. The molecule has 2 heterocycles. The second-order valence-electron chi connectivity index (χ2n) is 6.49. The number of hydrogen-bond donors (Lipinski definition) is 2. The number of anilines is 2. The lowest BCUT2D eigenvalue weighted by Gasteiger charge is -2.24. The number of amides is 3. The molecule has 8 nitrogen and oxygen atoms in total. The molecule has 4 rings (SSSR count). The number of imide groups is 1. The van der Waals surface area contributed by atoms with E-state index in [9.17, 15) is 14.4 Å². The first-order chi connectivity index (χ1) is 12.6. The summed E-state index contributed by atoms with van der Waals surface area (Å²) in [5.41, 5.74) is 2.32. The van der Waals surface area contributed by atoms with Crippen molar-refractivity contribution in [3.8, 4) is 0 Å². The summed E-state index contributed by atoms with van der Waals surface area (Å²) < 4.78 is 4.90. The summed E-state index contributed by atoms with van der Waals surface area (Å²) in [6, 6.07) is 8.64. The number of aromatic amines is 1. The SMILES string of the molecule is O=C(Cc1ccc(N2C(=O)COCC2=O)cc1)Nc1cc(C2CC2)[nH]n1. The molecular formula is C18H18N4O4. The number of H-pyrrole nitrogens is 1. The summed E-state index contributed by atoms with van der Waals surface area (Å²) in [4.78, 5) is 36.9. The maximum atomic E-state index is 12.2. The van der Waals surface area contributed by atoms with Crippen molar-refractivity contribution < 1.29 is 19.1 Å². The Morgan fingerprint density at radius 3 is 2.54 bits per heavy atom. The van der Waals surface area contributed by atoms with Crippen LogP contribution < -0.4 is 10.2 Å². The number of carbonyl (C=O) groups is 3. The molecule has 0 atom stereocenters. The zero-order valence-electron chi connectivity index (χ0n) is 14.0. The smallest absolute Gasteiger partial charge is 0.259 e. The van der Waals surface area contributed by atoms with Crippen LogP contribution in [0.25, 0.3) is 0 Å². The van der Waals surface area contributed by atoms with Crippen LogP contribution in [0.15, 0.2) is 30.3 Å². The Balaban J connectivity index is 1.37. The van der Waals surface area contributed by atoms with Gasteiger partial charge >= 0.3 is 0 Å². The van der Waals surface area contributed by atoms with Crippen LogP contribution in [0.4, 0.5) is 11.5 Å². The standard InChI is InChI=1S/C18H18N4O4/c23-16(19-15-8-14(20-21-15)12-3-4-12)7-11-1-5-13(6-2-11)22-17(24)9-26-10-18(22)25/h1-2,5-6,8,12H,3-4,7,9-10H2,(H2,19,20,21,23). The van der Waals surface area contributed by atoms with Crippen LogP contribution in [0, 0.1) is 0 Å². The van der Waals surface area contributed by atoms with Crippen LogP contribution in [0.2, 0.25) is 0 Å². The Hall–Kier alpha value is -3.00. The fourth-order valence-electron chi connectivity index (χ4n) is 2.92. The maximum Gasteiger partial charge on any atom is 0.259 e. The third-order valence-electron chi connectivity index (χ3n) is 4.39. The van der Waals surface area contributed by atoms with Crippen molar-refractivity contribution in [2.24, 2.45) is 0 Å². The van der Waals surface area contributed by atoms with E-state index in [1.807, 2.05) is 6.07 Å². The number of benzene rings is 1. The second kappa shape index (κ2) is 6.72. The van der Waals surface area contributed by atoms with E-state index in [1.165, 1.54) is 0 Å². The monoisotopic (exact) mass is 354 g/mol. The van der Waals surface area contributed by atoms with Gasteiger partial charge in [0.25, 0.3) is 11.8 Å². The van der Waals surface area contributed by atoms with Gasteiger partial charge in [-0.2, -0.15) is 5.10 Å². The first-order valence-electron chi connectivity index (χ1n) is 8.48. The predicted molar refractivity (Wildman–Crippen MR) is 92.7 cm³/mol. The van der Waals surface area contributed by atoms with Crippen LogP contribution in [0.3, 0.4) is 0 Å². The van der Waals surface area contributed by atoms with E-state index < -0.39 is 11.8 Å². The van der Waals surface area contributed by atoms with Gasteiger partial charge in [0, 0.05) is 17.7 Å². The Morgan fingerprint density at radius 1 is 1.19 bits per heavy atom. The van der Waals surface area contributed by atoms with Gasteiger partial charge in [0.1, 0.15) is 13.2 Å². The molecule has 1 aromatic heterocycles. The Kier molecular flexibility index (Phi) is 4.26. The highest BCUT2D eigenvalue weighted by Crippen LogP contribution is 2.39. The minimum atomic E-state index is -0.392. The molecule has 2 fully saturated rings. The molecule has 1 saturated heterocycles. The number of aromatic nitrogens is 2. The molecule has 1 aliphatic carbocycles. The molecule has 1 aromatic carbocycles. The van der Waals surface area contributed by atoms with Gasteiger partial charge in [0.15, 0.2) is 5.82 Å². The minimum absolute atomic E-state index is 0.109. The van der Waals surface area contributed by atoms with Crippen molar-refractivity contribution in [1.29, 1.82) is 0 Å². The normalized spacial score (nSPS) is 17.5. The van der Waals surface area contributed by atoms with E-state index in [1.54, 1.807) is 24.3 Å². The molecule has 0 bridgehead atoms. The average Bonchev–Trinajstić information content (AvgIpc) is 3.36. The summed E-state index contributed by atoms with van der Waals surface area (Å²) in [5, 5.41) is 9.81. The van der Waals surface area contributed by atoms with Crippen molar-refractivity contribution in [2.75, 3.05) is 23.4 Å². The quantitative estimate of drug-likeness (QED) is 0.789. The zero-order valence-corrected chi connectivity index (χ0v) is 14.0. The Morgan fingerprint density at radius 2 is 1.88 bits per heavy atom. The molecule has 2 N–H and O–H groups in total. The largest absolute Gasteiger partial charge is 0.362 e. The van der Waals surface area contributed by atoms with Crippen LogP contribution in [-0.2, 0) is 25.5 Å². The highest BCUT2D eigenvalue weighted by molar-refractivity contribution is 6.17. The fourth-order valence-corrected chi connectivity index (χ4v) is 2.92. The molecule has 8 heteroatoms.